The molecule has 0 aromatic heterocycles. The Morgan fingerprint density at radius 2 is 1.68 bits per heavy atom. The molecule has 0 heterocycles. The van der Waals surface area contributed by atoms with E-state index in [1.807, 2.05) is 61.3 Å². The zero-order chi connectivity index (χ0) is 19.8. The number of esters is 1. The van der Waals surface area contributed by atoms with Crippen LogP contribution in [0.25, 0.3) is 10.8 Å². The lowest BCUT2D eigenvalue weighted by Crippen LogP contribution is -2.29. The predicted molar refractivity (Wildman–Crippen MR) is 113 cm³/mol. The molecule has 0 radical (unpaired) electrons. The summed E-state index contributed by atoms with van der Waals surface area (Å²) < 4.78 is 11.5. The van der Waals surface area contributed by atoms with Gasteiger partial charge in [-0.25, -0.2) is 0 Å². The van der Waals surface area contributed by atoms with E-state index in [0.717, 1.165) is 35.1 Å². The number of hydrogen-bond acceptors (Lipinski definition) is 4. The second kappa shape index (κ2) is 9.90. The van der Waals surface area contributed by atoms with Crippen LogP contribution in [0.4, 0.5) is 0 Å². The van der Waals surface area contributed by atoms with Crippen molar-refractivity contribution < 1.29 is 14.3 Å². The lowest BCUT2D eigenvalue weighted by atomic mass is 10.1. The van der Waals surface area contributed by atoms with Crippen LogP contribution in [0.1, 0.15) is 25.0 Å². The monoisotopic (exact) mass is 377 g/mol. The minimum Gasteiger partial charge on any atom is -0.485 e. The quantitative estimate of drug-likeness (QED) is 0.500. The topological polar surface area (TPSA) is 38.8 Å². The number of ether oxygens (including phenoxy) is 2. The lowest BCUT2D eigenvalue weighted by molar-refractivity contribution is -0.144. The largest absolute Gasteiger partial charge is 0.485 e. The van der Waals surface area contributed by atoms with Crippen LogP contribution in [-0.4, -0.2) is 37.6 Å². The first-order chi connectivity index (χ1) is 13.7. The summed E-state index contributed by atoms with van der Waals surface area (Å²) in [7, 11) is 1.93. The third kappa shape index (κ3) is 5.33. The Bertz CT molecular complexity index is 889. The van der Waals surface area contributed by atoms with Gasteiger partial charge in [-0.1, -0.05) is 66.7 Å². The number of likely N-dealkylation sites (N-methyl/N-ethyl adjacent to an activating group) is 1. The molecule has 28 heavy (non-hydrogen) atoms. The predicted octanol–water partition coefficient (Wildman–Crippen LogP) is 4.84. The van der Waals surface area contributed by atoms with E-state index < -0.39 is 0 Å². The Kier molecular flexibility index (Phi) is 7.04. The standard InChI is InChI=1S/C24H27NO3/c1-3-27-24(26)18-25(2)17-16-22(20-11-5-4-6-12-20)28-23-15-9-13-19-10-7-8-14-21(19)23/h4-15,22H,3,16-18H2,1-2H3. The highest BCUT2D eigenvalue weighted by molar-refractivity contribution is 5.88. The van der Waals surface area contributed by atoms with Crippen molar-refractivity contribution in [3.63, 3.8) is 0 Å². The van der Waals surface area contributed by atoms with Gasteiger partial charge in [-0.2, -0.15) is 0 Å². The molecule has 0 N–H and O–H groups in total. The fourth-order valence-electron chi connectivity index (χ4n) is 3.26. The molecule has 0 amide bonds. The second-order valence-corrected chi connectivity index (χ2v) is 6.83. The highest BCUT2D eigenvalue weighted by Crippen LogP contribution is 2.31. The van der Waals surface area contributed by atoms with Crippen LogP contribution in [0.2, 0.25) is 0 Å². The SMILES string of the molecule is CCOC(=O)CN(C)CCC(Oc1cccc2ccccc12)c1ccccc1. The van der Waals surface area contributed by atoms with Gasteiger partial charge in [0.25, 0.3) is 0 Å². The minimum atomic E-state index is -0.198. The summed E-state index contributed by atoms with van der Waals surface area (Å²) in [5.41, 5.74) is 1.12. The summed E-state index contributed by atoms with van der Waals surface area (Å²) >= 11 is 0. The van der Waals surface area contributed by atoms with E-state index in [4.69, 9.17) is 9.47 Å². The average Bonchev–Trinajstić information content (AvgIpc) is 2.72. The van der Waals surface area contributed by atoms with E-state index >= 15 is 0 Å². The summed E-state index contributed by atoms with van der Waals surface area (Å²) in [6, 6.07) is 24.6. The van der Waals surface area contributed by atoms with E-state index in [2.05, 4.69) is 30.3 Å². The Balaban J connectivity index is 1.75. The number of benzene rings is 3. The van der Waals surface area contributed by atoms with Crippen LogP contribution in [0.15, 0.2) is 72.8 Å². The molecule has 3 aromatic carbocycles. The zero-order valence-electron chi connectivity index (χ0n) is 16.5. The smallest absolute Gasteiger partial charge is 0.320 e. The van der Waals surface area contributed by atoms with Gasteiger partial charge in [0.15, 0.2) is 0 Å². The molecule has 0 aliphatic heterocycles. The molecule has 4 heteroatoms. The minimum absolute atomic E-state index is 0.100. The third-order valence-electron chi connectivity index (χ3n) is 4.67. The molecular formula is C24H27NO3. The molecule has 146 valence electrons. The highest BCUT2D eigenvalue weighted by atomic mass is 16.5. The summed E-state index contributed by atoms with van der Waals surface area (Å²) in [5, 5.41) is 2.26. The molecule has 0 bridgehead atoms. The van der Waals surface area contributed by atoms with Crippen molar-refractivity contribution in [1.29, 1.82) is 0 Å². The van der Waals surface area contributed by atoms with Crippen molar-refractivity contribution in [3.05, 3.63) is 78.4 Å². The first-order valence-corrected chi connectivity index (χ1v) is 9.71. The second-order valence-electron chi connectivity index (χ2n) is 6.83. The molecule has 0 spiro atoms. The van der Waals surface area contributed by atoms with Gasteiger partial charge in [0, 0.05) is 18.4 Å². The van der Waals surface area contributed by atoms with Gasteiger partial charge < -0.3 is 9.47 Å². The number of rotatable bonds is 9. The molecule has 0 aliphatic rings. The van der Waals surface area contributed by atoms with Gasteiger partial charge >= 0.3 is 5.97 Å². The lowest BCUT2D eigenvalue weighted by Gasteiger charge is -2.23. The van der Waals surface area contributed by atoms with Crippen LogP contribution >= 0.6 is 0 Å². The van der Waals surface area contributed by atoms with Gasteiger partial charge in [0.05, 0.1) is 13.2 Å². The Morgan fingerprint density at radius 1 is 0.964 bits per heavy atom. The van der Waals surface area contributed by atoms with Gasteiger partial charge in [-0.15, -0.1) is 0 Å². The fourth-order valence-corrected chi connectivity index (χ4v) is 3.26. The van der Waals surface area contributed by atoms with Crippen LogP contribution < -0.4 is 4.74 Å². The normalized spacial score (nSPS) is 12.1. The maximum atomic E-state index is 11.7. The molecule has 0 saturated carbocycles. The zero-order valence-corrected chi connectivity index (χ0v) is 16.5. The van der Waals surface area contributed by atoms with Crippen LogP contribution in [0.3, 0.4) is 0 Å². The number of carbonyl (C=O) groups excluding carboxylic acids is 1. The molecular weight excluding hydrogens is 350 g/mol. The van der Waals surface area contributed by atoms with E-state index in [0.29, 0.717) is 6.61 Å². The van der Waals surface area contributed by atoms with E-state index in [1.165, 1.54) is 0 Å². The molecule has 4 nitrogen and oxygen atoms in total. The van der Waals surface area contributed by atoms with Gasteiger partial charge in [0.1, 0.15) is 11.9 Å². The molecule has 1 unspecified atom stereocenters. The third-order valence-corrected chi connectivity index (χ3v) is 4.67. The van der Waals surface area contributed by atoms with E-state index in [9.17, 15) is 4.79 Å². The summed E-state index contributed by atoms with van der Waals surface area (Å²) in [4.78, 5) is 13.7. The maximum absolute atomic E-state index is 11.7. The molecule has 0 aliphatic carbocycles. The first kappa shape index (κ1) is 19.9. The summed E-state index contributed by atoms with van der Waals surface area (Å²) in [6.45, 7) is 3.23. The van der Waals surface area contributed by atoms with Crippen molar-refractivity contribution in [1.82, 2.24) is 4.90 Å². The Hall–Kier alpha value is -2.85. The molecule has 0 saturated heterocycles. The Labute approximate surface area is 166 Å². The van der Waals surface area contributed by atoms with Crippen LogP contribution in [0, 0.1) is 0 Å². The summed E-state index contributed by atoms with van der Waals surface area (Å²) in [6.07, 6.45) is 0.667. The van der Waals surface area contributed by atoms with Crippen molar-refractivity contribution in [2.24, 2.45) is 0 Å². The number of fused-ring (bicyclic) bond motifs is 1. The Morgan fingerprint density at radius 3 is 2.46 bits per heavy atom. The van der Waals surface area contributed by atoms with Crippen LogP contribution in [-0.2, 0) is 9.53 Å². The maximum Gasteiger partial charge on any atom is 0.320 e. The molecule has 3 aromatic rings. The van der Waals surface area contributed by atoms with Crippen molar-refractivity contribution in [2.45, 2.75) is 19.4 Å². The molecule has 1 atom stereocenters. The molecule has 3 rings (SSSR count). The summed E-state index contributed by atoms with van der Waals surface area (Å²) in [5.74, 6) is 0.677. The van der Waals surface area contributed by atoms with E-state index in [1.54, 1.807) is 0 Å². The fraction of sp³-hybridized carbons (Fsp3) is 0.292. The van der Waals surface area contributed by atoms with Gasteiger partial charge in [-0.3, -0.25) is 9.69 Å². The number of hydrogen-bond donors (Lipinski definition) is 0. The van der Waals surface area contributed by atoms with Gasteiger partial charge in [0.2, 0.25) is 0 Å². The number of nitrogens with zero attached hydrogens (tertiary/aromatic N) is 1. The van der Waals surface area contributed by atoms with Crippen molar-refractivity contribution in [2.75, 3.05) is 26.7 Å². The van der Waals surface area contributed by atoms with Gasteiger partial charge in [-0.05, 0) is 31.0 Å². The van der Waals surface area contributed by atoms with Crippen LogP contribution in [0.5, 0.6) is 5.75 Å². The molecule has 0 fully saturated rings. The van der Waals surface area contributed by atoms with E-state index in [-0.39, 0.29) is 18.6 Å². The first-order valence-electron chi connectivity index (χ1n) is 9.71. The van der Waals surface area contributed by atoms with Crippen molar-refractivity contribution in [3.8, 4) is 5.75 Å². The average molecular weight is 377 g/mol. The number of carbonyl (C=O) groups is 1. The highest BCUT2D eigenvalue weighted by Gasteiger charge is 2.17. The van der Waals surface area contributed by atoms with Crippen molar-refractivity contribution >= 4 is 16.7 Å².